The number of fused-ring (bicyclic) bond motifs is 1. The molecule has 2 aromatic heterocycles. The molecule has 0 saturated carbocycles. The molecule has 0 bridgehead atoms. The molecule has 0 radical (unpaired) electrons. The molecule has 0 unspecified atom stereocenters. The fraction of sp³-hybridized carbons (Fsp3) is 0. The molecule has 4 heteroatoms. The lowest BCUT2D eigenvalue weighted by Gasteiger charge is -2.07. The molecule has 0 saturated heterocycles. The van der Waals surface area contributed by atoms with E-state index in [0.717, 1.165) is 33.5 Å². The smallest absolute Gasteiger partial charge is 0.100 e. The Morgan fingerprint density at radius 1 is 0.786 bits per heavy atom. The van der Waals surface area contributed by atoms with Crippen molar-refractivity contribution in [1.29, 1.82) is 0 Å². The summed E-state index contributed by atoms with van der Waals surface area (Å²) in [5.74, 6) is 0. The van der Waals surface area contributed by atoms with Crippen LogP contribution >= 0.6 is 0 Å². The lowest BCUT2D eigenvalue weighted by atomic mass is 10.1. The number of hydrogen-bond donors (Lipinski definition) is 0. The van der Waals surface area contributed by atoms with Gasteiger partial charge in [-0.3, -0.25) is 4.57 Å². The summed E-state index contributed by atoms with van der Waals surface area (Å²) in [6.07, 6.45) is 11.7. The molecule has 0 atom stereocenters. The van der Waals surface area contributed by atoms with E-state index in [-0.39, 0.29) is 0 Å². The Hall–Kier alpha value is -3.92. The maximum Gasteiger partial charge on any atom is 0.100 e. The van der Waals surface area contributed by atoms with Crippen molar-refractivity contribution in [1.82, 2.24) is 19.1 Å². The van der Waals surface area contributed by atoms with Gasteiger partial charge in [0.15, 0.2) is 0 Å². The van der Waals surface area contributed by atoms with Crippen LogP contribution in [0, 0.1) is 0 Å². The lowest BCUT2D eigenvalue weighted by Crippen LogP contribution is -1.93. The molecule has 0 aliphatic carbocycles. The third kappa shape index (κ3) is 3.01. The number of aromatic nitrogens is 4. The Morgan fingerprint density at radius 2 is 1.68 bits per heavy atom. The molecule has 2 heterocycles. The molecule has 28 heavy (non-hydrogen) atoms. The van der Waals surface area contributed by atoms with E-state index in [0.29, 0.717) is 0 Å². The van der Waals surface area contributed by atoms with E-state index in [1.165, 1.54) is 0 Å². The Balaban J connectivity index is 1.50. The average molecular weight is 362 g/mol. The molecule has 0 spiro atoms. The van der Waals surface area contributed by atoms with E-state index in [4.69, 9.17) is 0 Å². The van der Waals surface area contributed by atoms with Crippen molar-refractivity contribution in [3.05, 3.63) is 109 Å². The second-order valence-corrected chi connectivity index (χ2v) is 6.56. The second kappa shape index (κ2) is 7.00. The van der Waals surface area contributed by atoms with Crippen molar-refractivity contribution in [3.63, 3.8) is 0 Å². The van der Waals surface area contributed by atoms with E-state index >= 15 is 0 Å². The zero-order valence-electron chi connectivity index (χ0n) is 15.2. The van der Waals surface area contributed by atoms with Crippen LogP contribution in [0.5, 0.6) is 0 Å². The van der Waals surface area contributed by atoms with Gasteiger partial charge in [-0.2, -0.15) is 0 Å². The van der Waals surface area contributed by atoms with Crippen LogP contribution in [0.25, 0.3) is 34.6 Å². The van der Waals surface area contributed by atoms with E-state index < -0.39 is 0 Å². The fourth-order valence-electron chi connectivity index (χ4n) is 3.39. The largest absolute Gasteiger partial charge is 0.306 e. The van der Waals surface area contributed by atoms with E-state index in [1.54, 1.807) is 6.20 Å². The van der Waals surface area contributed by atoms with Gasteiger partial charge in [-0.1, -0.05) is 54.6 Å². The number of nitrogens with zero attached hydrogens (tertiary/aromatic N) is 4. The minimum absolute atomic E-state index is 0.998. The van der Waals surface area contributed by atoms with Gasteiger partial charge in [0.2, 0.25) is 0 Å². The highest BCUT2D eigenvalue weighted by molar-refractivity contribution is 5.78. The molecule has 4 nitrogen and oxygen atoms in total. The number of rotatable bonds is 4. The van der Waals surface area contributed by atoms with Crippen LogP contribution in [-0.2, 0) is 0 Å². The predicted molar refractivity (Wildman–Crippen MR) is 114 cm³/mol. The van der Waals surface area contributed by atoms with Crippen LogP contribution in [0.15, 0.2) is 97.8 Å². The highest BCUT2D eigenvalue weighted by Crippen LogP contribution is 2.21. The summed E-state index contributed by atoms with van der Waals surface area (Å²) in [6, 6.07) is 24.9. The van der Waals surface area contributed by atoms with Gasteiger partial charge < -0.3 is 4.57 Å². The molecule has 0 N–H and O–H groups in total. The van der Waals surface area contributed by atoms with Gasteiger partial charge in [0.1, 0.15) is 6.33 Å². The number of imidazole rings is 2. The van der Waals surface area contributed by atoms with Crippen molar-refractivity contribution in [3.8, 4) is 11.4 Å². The van der Waals surface area contributed by atoms with E-state index in [2.05, 4.69) is 69.2 Å². The number of hydrogen-bond acceptors (Lipinski definition) is 2. The maximum absolute atomic E-state index is 4.49. The molecule has 3 aromatic carbocycles. The van der Waals surface area contributed by atoms with Crippen LogP contribution in [0.1, 0.15) is 11.1 Å². The van der Waals surface area contributed by atoms with Crippen molar-refractivity contribution >= 4 is 23.2 Å². The third-order valence-corrected chi connectivity index (χ3v) is 4.78. The van der Waals surface area contributed by atoms with Gasteiger partial charge >= 0.3 is 0 Å². The van der Waals surface area contributed by atoms with Crippen LogP contribution in [0.2, 0.25) is 0 Å². The molecule has 0 amide bonds. The van der Waals surface area contributed by atoms with Gasteiger partial charge in [0.25, 0.3) is 0 Å². The average Bonchev–Trinajstić information content (AvgIpc) is 3.43. The third-order valence-electron chi connectivity index (χ3n) is 4.78. The fourth-order valence-corrected chi connectivity index (χ4v) is 3.39. The summed E-state index contributed by atoms with van der Waals surface area (Å²) in [5, 5.41) is 0. The molecule has 0 fully saturated rings. The van der Waals surface area contributed by atoms with Gasteiger partial charge in [0.05, 0.1) is 23.0 Å². The van der Waals surface area contributed by atoms with Gasteiger partial charge in [-0.25, -0.2) is 9.97 Å². The van der Waals surface area contributed by atoms with Crippen molar-refractivity contribution in [2.45, 2.75) is 0 Å². The van der Waals surface area contributed by atoms with Gasteiger partial charge in [-0.05, 0) is 41.5 Å². The monoisotopic (exact) mass is 362 g/mol. The van der Waals surface area contributed by atoms with E-state index in [9.17, 15) is 0 Å². The van der Waals surface area contributed by atoms with Gasteiger partial charge in [-0.15, -0.1) is 0 Å². The maximum atomic E-state index is 4.49. The zero-order chi connectivity index (χ0) is 18.8. The summed E-state index contributed by atoms with van der Waals surface area (Å²) < 4.78 is 4.14. The highest BCUT2D eigenvalue weighted by Gasteiger charge is 2.04. The Kier molecular flexibility index (Phi) is 4.07. The first-order valence-corrected chi connectivity index (χ1v) is 9.16. The quantitative estimate of drug-likeness (QED) is 0.402. The summed E-state index contributed by atoms with van der Waals surface area (Å²) in [6.45, 7) is 0. The molecular formula is C24H18N4. The normalized spacial score (nSPS) is 11.4. The molecular weight excluding hydrogens is 344 g/mol. The zero-order valence-corrected chi connectivity index (χ0v) is 15.2. The van der Waals surface area contributed by atoms with Crippen LogP contribution in [-0.4, -0.2) is 19.1 Å². The first-order chi connectivity index (χ1) is 13.9. The Morgan fingerprint density at radius 3 is 2.61 bits per heavy atom. The molecule has 0 aliphatic rings. The summed E-state index contributed by atoms with van der Waals surface area (Å²) in [5.41, 5.74) is 6.58. The topological polar surface area (TPSA) is 35.6 Å². The summed E-state index contributed by atoms with van der Waals surface area (Å²) in [4.78, 5) is 8.65. The minimum atomic E-state index is 0.998. The Bertz CT molecular complexity index is 1260. The first-order valence-electron chi connectivity index (χ1n) is 9.16. The number of para-hydroxylation sites is 3. The van der Waals surface area contributed by atoms with Crippen molar-refractivity contribution < 1.29 is 0 Å². The summed E-state index contributed by atoms with van der Waals surface area (Å²) in [7, 11) is 0. The Labute approximate surface area is 163 Å². The first kappa shape index (κ1) is 16.3. The predicted octanol–water partition coefficient (Wildman–Crippen LogP) is 5.38. The van der Waals surface area contributed by atoms with Crippen molar-refractivity contribution in [2.24, 2.45) is 0 Å². The van der Waals surface area contributed by atoms with E-state index in [1.807, 2.05) is 53.8 Å². The van der Waals surface area contributed by atoms with Crippen LogP contribution < -0.4 is 0 Å². The number of benzene rings is 3. The SMILES string of the molecule is C(=C\c1ccccc1-n1ccnc1)/c1cccc(-n2cnc3ccccc32)c1. The molecule has 0 aliphatic heterocycles. The van der Waals surface area contributed by atoms with Crippen molar-refractivity contribution in [2.75, 3.05) is 0 Å². The minimum Gasteiger partial charge on any atom is -0.306 e. The highest BCUT2D eigenvalue weighted by atomic mass is 15.0. The molecule has 5 aromatic rings. The lowest BCUT2D eigenvalue weighted by molar-refractivity contribution is 1.05. The van der Waals surface area contributed by atoms with Crippen LogP contribution in [0.3, 0.4) is 0 Å². The van der Waals surface area contributed by atoms with Crippen LogP contribution in [0.4, 0.5) is 0 Å². The standard InChI is InChI=1S/C24H18N4/c1-3-10-23(27-15-14-25-17-27)20(7-1)13-12-19-6-5-8-21(16-19)28-18-26-22-9-2-4-11-24(22)28/h1-18H/b13-12+. The molecule has 5 rings (SSSR count). The molecule has 134 valence electrons. The second-order valence-electron chi connectivity index (χ2n) is 6.56. The summed E-state index contributed by atoms with van der Waals surface area (Å²) >= 11 is 0. The van der Waals surface area contributed by atoms with Gasteiger partial charge in [0, 0.05) is 18.1 Å².